The Morgan fingerprint density at radius 3 is 2.45 bits per heavy atom. The quantitative estimate of drug-likeness (QED) is 0.473. The molecule has 3 aromatic carbocycles. The number of halogens is 2. The van der Waals surface area contributed by atoms with E-state index in [0.717, 1.165) is 16.5 Å². The molecule has 144 valence electrons. The van der Waals surface area contributed by atoms with Crippen molar-refractivity contribution in [2.75, 3.05) is 4.90 Å². The molecule has 1 aromatic heterocycles. The van der Waals surface area contributed by atoms with Crippen LogP contribution in [0.15, 0.2) is 72.9 Å². The maximum atomic E-state index is 13.6. The Bertz CT molecular complexity index is 1250. The van der Waals surface area contributed by atoms with Crippen molar-refractivity contribution in [2.24, 2.45) is 0 Å². The smallest absolute Gasteiger partial charge is 0.268 e. The van der Waals surface area contributed by atoms with E-state index >= 15 is 0 Å². The number of fused-ring (bicyclic) bond motifs is 2. The lowest BCUT2D eigenvalue weighted by Gasteiger charge is -2.23. The van der Waals surface area contributed by atoms with Crippen molar-refractivity contribution in [3.8, 4) is 0 Å². The van der Waals surface area contributed by atoms with Gasteiger partial charge in [-0.1, -0.05) is 53.5 Å². The number of aliphatic hydroxyl groups is 1. The first kappa shape index (κ1) is 18.3. The minimum Gasteiger partial charge on any atom is -0.372 e. The monoisotopic (exact) mass is 422 g/mol. The van der Waals surface area contributed by atoms with E-state index < -0.39 is 11.5 Å². The molecule has 0 bridgehead atoms. The molecule has 4 nitrogen and oxygen atoms in total. The van der Waals surface area contributed by atoms with Gasteiger partial charge in [-0.3, -0.25) is 4.79 Å². The molecule has 4 aromatic rings. The highest BCUT2D eigenvalue weighted by molar-refractivity contribution is 6.31. The predicted octanol–water partition coefficient (Wildman–Crippen LogP) is 5.26. The molecule has 0 saturated carbocycles. The number of carbonyl (C=O) groups excluding carboxylic acids is 1. The van der Waals surface area contributed by atoms with Crippen molar-refractivity contribution < 1.29 is 9.90 Å². The third-order valence-electron chi connectivity index (χ3n) is 5.43. The van der Waals surface area contributed by atoms with Gasteiger partial charge in [0.05, 0.1) is 12.2 Å². The van der Waals surface area contributed by atoms with Gasteiger partial charge in [-0.15, -0.1) is 0 Å². The standard InChI is InChI=1S/C23H16Cl2N2O2/c24-15-7-5-14(6-8-15)13-27-21-10-9-16(25)11-18(21)23(29,22(27)28)19-12-26-20-4-2-1-3-17(19)20/h1-12,26,29H,13H2. The second-order valence-corrected chi connectivity index (χ2v) is 8.01. The summed E-state index contributed by atoms with van der Waals surface area (Å²) in [6, 6.07) is 20.1. The first-order valence-corrected chi connectivity index (χ1v) is 9.89. The number of hydrogen-bond donors (Lipinski definition) is 2. The number of nitrogens with zero attached hydrogens (tertiary/aromatic N) is 1. The minimum absolute atomic E-state index is 0.315. The Morgan fingerprint density at radius 1 is 0.931 bits per heavy atom. The first-order chi connectivity index (χ1) is 14.0. The number of anilines is 1. The summed E-state index contributed by atoms with van der Waals surface area (Å²) in [5.74, 6) is -0.408. The minimum atomic E-state index is -1.83. The van der Waals surface area contributed by atoms with E-state index in [0.29, 0.717) is 33.4 Å². The molecule has 1 aliphatic heterocycles. The topological polar surface area (TPSA) is 56.3 Å². The fourth-order valence-electron chi connectivity index (χ4n) is 4.01. The van der Waals surface area contributed by atoms with Gasteiger partial charge >= 0.3 is 0 Å². The number of hydrogen-bond acceptors (Lipinski definition) is 2. The van der Waals surface area contributed by atoms with Crippen molar-refractivity contribution in [1.82, 2.24) is 4.98 Å². The van der Waals surface area contributed by atoms with E-state index in [1.807, 2.05) is 36.4 Å². The summed E-state index contributed by atoms with van der Waals surface area (Å²) in [7, 11) is 0. The Kier molecular flexibility index (Phi) is 4.17. The number of carbonyl (C=O) groups is 1. The highest BCUT2D eigenvalue weighted by Gasteiger charge is 2.52. The van der Waals surface area contributed by atoms with Crippen LogP contribution < -0.4 is 4.90 Å². The maximum absolute atomic E-state index is 13.6. The summed E-state index contributed by atoms with van der Waals surface area (Å²) in [6.45, 7) is 0.315. The average molecular weight is 423 g/mol. The van der Waals surface area contributed by atoms with Crippen molar-refractivity contribution in [3.63, 3.8) is 0 Å². The molecule has 1 atom stereocenters. The molecular weight excluding hydrogens is 407 g/mol. The van der Waals surface area contributed by atoms with Crippen LogP contribution in [0, 0.1) is 0 Å². The van der Waals surface area contributed by atoms with E-state index in [1.54, 1.807) is 41.4 Å². The highest BCUT2D eigenvalue weighted by atomic mass is 35.5. The van der Waals surface area contributed by atoms with Crippen LogP contribution in [0.4, 0.5) is 5.69 Å². The summed E-state index contributed by atoms with van der Waals surface area (Å²) < 4.78 is 0. The Morgan fingerprint density at radius 2 is 1.66 bits per heavy atom. The number of benzene rings is 3. The number of rotatable bonds is 3. The molecule has 1 unspecified atom stereocenters. The van der Waals surface area contributed by atoms with Crippen LogP contribution in [0.25, 0.3) is 10.9 Å². The molecule has 1 amide bonds. The zero-order chi connectivity index (χ0) is 20.2. The lowest BCUT2D eigenvalue weighted by molar-refractivity contribution is -0.132. The fourth-order valence-corrected chi connectivity index (χ4v) is 4.31. The second kappa shape index (κ2) is 6.63. The van der Waals surface area contributed by atoms with Gasteiger partial charge in [0.25, 0.3) is 5.91 Å². The summed E-state index contributed by atoms with van der Waals surface area (Å²) in [4.78, 5) is 18.3. The molecule has 5 rings (SSSR count). The van der Waals surface area contributed by atoms with Crippen molar-refractivity contribution >= 4 is 45.7 Å². The number of nitrogens with one attached hydrogen (secondary N) is 1. The van der Waals surface area contributed by atoms with Crippen molar-refractivity contribution in [2.45, 2.75) is 12.1 Å². The average Bonchev–Trinajstić information content (AvgIpc) is 3.24. The van der Waals surface area contributed by atoms with Crippen LogP contribution in [0.1, 0.15) is 16.7 Å². The van der Waals surface area contributed by atoms with Gasteiger partial charge < -0.3 is 15.0 Å². The van der Waals surface area contributed by atoms with Crippen LogP contribution in [-0.2, 0) is 16.9 Å². The molecule has 2 heterocycles. The third-order valence-corrected chi connectivity index (χ3v) is 5.91. The van der Waals surface area contributed by atoms with E-state index in [1.165, 1.54) is 0 Å². The predicted molar refractivity (Wildman–Crippen MR) is 115 cm³/mol. The number of amides is 1. The normalized spacial score (nSPS) is 18.4. The van der Waals surface area contributed by atoms with Gasteiger partial charge in [-0.25, -0.2) is 0 Å². The fraction of sp³-hybridized carbons (Fsp3) is 0.0870. The van der Waals surface area contributed by atoms with Gasteiger partial charge in [0.15, 0.2) is 5.60 Å². The Labute approximate surface area is 177 Å². The molecule has 1 aliphatic rings. The second-order valence-electron chi connectivity index (χ2n) is 7.14. The zero-order valence-electron chi connectivity index (χ0n) is 15.2. The molecule has 0 saturated heterocycles. The van der Waals surface area contributed by atoms with Gasteiger partial charge in [-0.2, -0.15) is 0 Å². The number of para-hydroxylation sites is 1. The highest BCUT2D eigenvalue weighted by Crippen LogP contribution is 2.47. The maximum Gasteiger partial charge on any atom is 0.268 e. The molecule has 0 aliphatic carbocycles. The summed E-state index contributed by atoms with van der Waals surface area (Å²) in [5, 5.41) is 13.7. The first-order valence-electron chi connectivity index (χ1n) is 9.14. The molecule has 29 heavy (non-hydrogen) atoms. The Balaban J connectivity index is 1.68. The summed E-state index contributed by atoms with van der Waals surface area (Å²) in [6.07, 6.45) is 1.69. The molecule has 2 N–H and O–H groups in total. The molecule has 0 fully saturated rings. The van der Waals surface area contributed by atoms with Gasteiger partial charge in [0, 0.05) is 38.3 Å². The van der Waals surface area contributed by atoms with Crippen LogP contribution in [0.2, 0.25) is 10.0 Å². The Hall–Kier alpha value is -2.79. The lowest BCUT2D eigenvalue weighted by Crippen LogP contribution is -2.40. The van der Waals surface area contributed by atoms with Gasteiger partial charge in [0.1, 0.15) is 0 Å². The van der Waals surface area contributed by atoms with Crippen molar-refractivity contribution in [1.29, 1.82) is 0 Å². The molecule has 0 radical (unpaired) electrons. The van der Waals surface area contributed by atoms with E-state index in [9.17, 15) is 9.90 Å². The SMILES string of the molecule is O=C1N(Cc2ccc(Cl)cc2)c2ccc(Cl)cc2C1(O)c1c[nH]c2ccccc12. The van der Waals surface area contributed by atoms with Crippen LogP contribution in [0.5, 0.6) is 0 Å². The zero-order valence-corrected chi connectivity index (χ0v) is 16.7. The molecule has 6 heteroatoms. The number of aromatic amines is 1. The summed E-state index contributed by atoms with van der Waals surface area (Å²) in [5.41, 5.74) is 1.57. The molecular formula is C23H16Cl2N2O2. The van der Waals surface area contributed by atoms with Crippen LogP contribution >= 0.6 is 23.2 Å². The number of aromatic nitrogens is 1. The largest absolute Gasteiger partial charge is 0.372 e. The number of H-pyrrole nitrogens is 1. The lowest BCUT2D eigenvalue weighted by atomic mass is 9.87. The van der Waals surface area contributed by atoms with E-state index in [-0.39, 0.29) is 0 Å². The van der Waals surface area contributed by atoms with Crippen LogP contribution in [-0.4, -0.2) is 16.0 Å². The molecule has 0 spiro atoms. The third kappa shape index (κ3) is 2.76. The van der Waals surface area contributed by atoms with E-state index in [4.69, 9.17) is 23.2 Å². The van der Waals surface area contributed by atoms with Gasteiger partial charge in [0.2, 0.25) is 0 Å². The van der Waals surface area contributed by atoms with Gasteiger partial charge in [-0.05, 0) is 42.0 Å². The van der Waals surface area contributed by atoms with Crippen LogP contribution in [0.3, 0.4) is 0 Å². The summed E-state index contributed by atoms with van der Waals surface area (Å²) >= 11 is 12.2. The van der Waals surface area contributed by atoms with Crippen molar-refractivity contribution in [3.05, 3.63) is 99.7 Å². The van der Waals surface area contributed by atoms with E-state index in [2.05, 4.69) is 4.98 Å².